The maximum atomic E-state index is 14.0. The number of esters is 1. The van der Waals surface area contributed by atoms with Crippen LogP contribution in [-0.4, -0.2) is 23.8 Å². The molecular weight excluding hydrogens is 596 g/mol. The molecule has 0 aliphatic carbocycles. The molecule has 0 saturated carbocycles. The van der Waals surface area contributed by atoms with Crippen LogP contribution in [-0.2, 0) is 16.1 Å². The standard InChI is InChI=1S/C35H35ClN2O5S/c1-6-41-29-18-24(10-17-28(29)43-20-23-8-15-27(36)16-9-23)19-30-33(39)38-32(26-13-11-25(12-14-26)21(3)4)31(34(40)42-7-2)22(5)37-35(38)44-30/h8-19,21,32H,6-7,20H2,1-5H3/b30-19-/t32-/m1/s1. The van der Waals surface area contributed by atoms with Gasteiger partial charge >= 0.3 is 5.97 Å². The molecule has 3 aromatic carbocycles. The summed E-state index contributed by atoms with van der Waals surface area (Å²) < 4.78 is 19.5. The second kappa shape index (κ2) is 13.7. The van der Waals surface area contributed by atoms with Crippen molar-refractivity contribution < 1.29 is 19.0 Å². The maximum Gasteiger partial charge on any atom is 0.338 e. The molecule has 0 unspecified atom stereocenters. The molecule has 0 amide bonds. The SMILES string of the molecule is CCOC(=O)C1=C(C)N=c2s/c(=C\c3ccc(OCc4ccc(Cl)cc4)c(OCC)c3)c(=O)n2[C@@H]1c1ccc(C(C)C)cc1. The van der Waals surface area contributed by atoms with Crippen molar-refractivity contribution in [2.24, 2.45) is 4.99 Å². The first-order valence-corrected chi connectivity index (χ1v) is 15.8. The van der Waals surface area contributed by atoms with Crippen molar-refractivity contribution in [2.75, 3.05) is 13.2 Å². The van der Waals surface area contributed by atoms with Gasteiger partial charge in [-0.3, -0.25) is 9.36 Å². The van der Waals surface area contributed by atoms with E-state index < -0.39 is 12.0 Å². The van der Waals surface area contributed by atoms with Gasteiger partial charge in [-0.2, -0.15) is 0 Å². The zero-order valence-electron chi connectivity index (χ0n) is 25.4. The first kappa shape index (κ1) is 31.3. The Morgan fingerprint density at radius 2 is 1.73 bits per heavy atom. The van der Waals surface area contributed by atoms with Crippen molar-refractivity contribution in [1.82, 2.24) is 4.57 Å². The molecule has 1 aliphatic rings. The Hall–Kier alpha value is -4.14. The van der Waals surface area contributed by atoms with Gasteiger partial charge in [0.1, 0.15) is 6.61 Å². The number of rotatable bonds is 10. The molecule has 0 saturated heterocycles. The molecule has 5 rings (SSSR count). The Morgan fingerprint density at radius 3 is 2.39 bits per heavy atom. The summed E-state index contributed by atoms with van der Waals surface area (Å²) in [6, 6.07) is 20.4. The Labute approximate surface area is 265 Å². The molecule has 7 nitrogen and oxygen atoms in total. The summed E-state index contributed by atoms with van der Waals surface area (Å²) in [5, 5.41) is 0.668. The fraction of sp³-hybridized carbons (Fsp3) is 0.286. The molecule has 0 radical (unpaired) electrons. The molecule has 44 heavy (non-hydrogen) atoms. The van der Waals surface area contributed by atoms with E-state index in [9.17, 15) is 9.59 Å². The summed E-state index contributed by atoms with van der Waals surface area (Å²) in [6.45, 7) is 10.7. The van der Waals surface area contributed by atoms with Gasteiger partial charge in [-0.25, -0.2) is 9.79 Å². The number of benzene rings is 3. The highest BCUT2D eigenvalue weighted by atomic mass is 35.5. The molecule has 228 valence electrons. The minimum absolute atomic E-state index is 0.223. The molecule has 9 heteroatoms. The quantitative estimate of drug-likeness (QED) is 0.186. The van der Waals surface area contributed by atoms with E-state index in [1.165, 1.54) is 16.9 Å². The fourth-order valence-electron chi connectivity index (χ4n) is 5.07. The fourth-order valence-corrected chi connectivity index (χ4v) is 6.24. The molecule has 0 bridgehead atoms. The molecule has 2 heterocycles. The van der Waals surface area contributed by atoms with Crippen LogP contribution in [0.1, 0.15) is 68.8 Å². The maximum absolute atomic E-state index is 14.0. The van der Waals surface area contributed by atoms with E-state index in [4.69, 9.17) is 25.8 Å². The monoisotopic (exact) mass is 630 g/mol. The van der Waals surface area contributed by atoms with Crippen LogP contribution in [0.4, 0.5) is 0 Å². The Bertz CT molecular complexity index is 1870. The van der Waals surface area contributed by atoms with Gasteiger partial charge in [0.15, 0.2) is 16.3 Å². The number of halogens is 1. The van der Waals surface area contributed by atoms with Crippen LogP contribution in [0.2, 0.25) is 5.02 Å². The van der Waals surface area contributed by atoms with Crippen LogP contribution in [0.3, 0.4) is 0 Å². The topological polar surface area (TPSA) is 79.1 Å². The van der Waals surface area contributed by atoms with E-state index >= 15 is 0 Å². The number of carbonyl (C=O) groups excluding carboxylic acids is 1. The van der Waals surface area contributed by atoms with Gasteiger partial charge < -0.3 is 14.2 Å². The third-order valence-electron chi connectivity index (χ3n) is 7.31. The second-order valence-corrected chi connectivity index (χ2v) is 12.1. The summed E-state index contributed by atoms with van der Waals surface area (Å²) in [7, 11) is 0. The highest BCUT2D eigenvalue weighted by Crippen LogP contribution is 2.32. The summed E-state index contributed by atoms with van der Waals surface area (Å²) >= 11 is 7.29. The minimum atomic E-state index is -0.656. The predicted molar refractivity (Wildman–Crippen MR) is 174 cm³/mol. The first-order chi connectivity index (χ1) is 21.2. The molecule has 0 N–H and O–H groups in total. The largest absolute Gasteiger partial charge is 0.490 e. The highest BCUT2D eigenvalue weighted by molar-refractivity contribution is 7.07. The third-order valence-corrected chi connectivity index (χ3v) is 8.54. The Morgan fingerprint density at radius 1 is 1.00 bits per heavy atom. The third kappa shape index (κ3) is 6.66. The zero-order chi connectivity index (χ0) is 31.4. The summed E-state index contributed by atoms with van der Waals surface area (Å²) in [5.41, 5.74) is 4.41. The highest BCUT2D eigenvalue weighted by Gasteiger charge is 2.33. The van der Waals surface area contributed by atoms with Crippen molar-refractivity contribution in [3.8, 4) is 11.5 Å². The number of ether oxygens (including phenoxy) is 3. The van der Waals surface area contributed by atoms with Crippen molar-refractivity contribution in [2.45, 2.75) is 53.2 Å². The van der Waals surface area contributed by atoms with E-state index in [1.54, 1.807) is 18.4 Å². The zero-order valence-corrected chi connectivity index (χ0v) is 27.0. The van der Waals surface area contributed by atoms with Gasteiger partial charge in [0, 0.05) is 5.02 Å². The van der Waals surface area contributed by atoms with Crippen LogP contribution >= 0.6 is 22.9 Å². The van der Waals surface area contributed by atoms with E-state index in [0.29, 0.717) is 56.3 Å². The Balaban J connectivity index is 1.55. The molecule has 4 aromatic rings. The Kier molecular flexibility index (Phi) is 9.71. The number of nitrogens with zero attached hydrogens (tertiary/aromatic N) is 2. The van der Waals surface area contributed by atoms with Crippen molar-refractivity contribution in [3.05, 3.63) is 125 Å². The van der Waals surface area contributed by atoms with Crippen molar-refractivity contribution in [1.29, 1.82) is 0 Å². The summed E-state index contributed by atoms with van der Waals surface area (Å²) in [4.78, 5) is 32.4. The molecule has 1 aromatic heterocycles. The number of hydrogen-bond donors (Lipinski definition) is 0. The van der Waals surface area contributed by atoms with Crippen LogP contribution < -0.4 is 24.4 Å². The van der Waals surface area contributed by atoms with E-state index in [0.717, 1.165) is 16.7 Å². The lowest BCUT2D eigenvalue weighted by Crippen LogP contribution is -2.39. The second-order valence-electron chi connectivity index (χ2n) is 10.7. The van der Waals surface area contributed by atoms with E-state index in [1.807, 2.05) is 79.7 Å². The van der Waals surface area contributed by atoms with Crippen molar-refractivity contribution >= 4 is 35.0 Å². The van der Waals surface area contributed by atoms with Crippen LogP contribution in [0.15, 0.2) is 87.8 Å². The number of fused-ring (bicyclic) bond motifs is 1. The molecule has 0 spiro atoms. The van der Waals surface area contributed by atoms with Crippen LogP contribution in [0.5, 0.6) is 11.5 Å². The van der Waals surface area contributed by atoms with Crippen LogP contribution in [0.25, 0.3) is 6.08 Å². The summed E-state index contributed by atoms with van der Waals surface area (Å²) in [5.74, 6) is 1.05. The lowest BCUT2D eigenvalue weighted by Gasteiger charge is -2.25. The average molecular weight is 631 g/mol. The predicted octanol–water partition coefficient (Wildman–Crippen LogP) is 6.55. The van der Waals surface area contributed by atoms with Gasteiger partial charge in [-0.1, -0.05) is 79.2 Å². The van der Waals surface area contributed by atoms with E-state index in [2.05, 4.69) is 18.8 Å². The van der Waals surface area contributed by atoms with Gasteiger partial charge in [-0.15, -0.1) is 0 Å². The number of carbonyl (C=O) groups is 1. The first-order valence-electron chi connectivity index (χ1n) is 14.6. The number of thiazole rings is 1. The van der Waals surface area contributed by atoms with Gasteiger partial charge in [0.2, 0.25) is 0 Å². The van der Waals surface area contributed by atoms with E-state index in [-0.39, 0.29) is 12.2 Å². The van der Waals surface area contributed by atoms with Gasteiger partial charge in [0.25, 0.3) is 5.56 Å². The minimum Gasteiger partial charge on any atom is -0.490 e. The normalized spacial score (nSPS) is 14.8. The number of aromatic nitrogens is 1. The lowest BCUT2D eigenvalue weighted by atomic mass is 9.93. The lowest BCUT2D eigenvalue weighted by molar-refractivity contribution is -0.139. The molecule has 0 fully saturated rings. The van der Waals surface area contributed by atoms with Crippen molar-refractivity contribution in [3.63, 3.8) is 0 Å². The molecular formula is C35H35ClN2O5S. The average Bonchev–Trinajstić information content (AvgIpc) is 3.31. The number of hydrogen-bond acceptors (Lipinski definition) is 7. The van der Waals surface area contributed by atoms with Gasteiger partial charge in [0.05, 0.1) is 35.1 Å². The van der Waals surface area contributed by atoms with Gasteiger partial charge in [-0.05, 0) is 79.3 Å². The molecule has 1 aliphatic heterocycles. The summed E-state index contributed by atoms with van der Waals surface area (Å²) in [6.07, 6.45) is 1.82. The number of allylic oxidation sites excluding steroid dienone is 1. The van der Waals surface area contributed by atoms with Crippen LogP contribution in [0, 0.1) is 0 Å². The smallest absolute Gasteiger partial charge is 0.338 e. The molecule has 1 atom stereocenters.